The van der Waals surface area contributed by atoms with E-state index in [1.807, 2.05) is 0 Å². The standard InChI is InChI=1S/C23H33BrO2/c1-20(26)8-9-21(2)12(10-20)4-5-13-14(21)6-7-22(3)17(13)16-18-19(16)23(18,22)15(25)11-24/h12-14,16-19,26H,4-11H2,1-3H3/t12-,13+,14-,16?,17+,18+,19?,20+,21-,22-,23?/m0/s1. The van der Waals surface area contributed by atoms with Crippen LogP contribution in [0.2, 0.25) is 0 Å². The van der Waals surface area contributed by atoms with E-state index in [0.717, 1.165) is 48.3 Å². The highest BCUT2D eigenvalue weighted by molar-refractivity contribution is 9.09. The summed E-state index contributed by atoms with van der Waals surface area (Å²) in [7, 11) is 0. The van der Waals surface area contributed by atoms with E-state index in [2.05, 4.69) is 36.7 Å². The normalized spacial score (nSPS) is 66.9. The predicted molar refractivity (Wildman–Crippen MR) is 105 cm³/mol. The lowest BCUT2D eigenvalue weighted by Crippen LogP contribution is -2.56. The van der Waals surface area contributed by atoms with Crippen molar-refractivity contribution in [2.24, 2.45) is 57.7 Å². The molecule has 0 amide bonds. The second-order valence-corrected chi connectivity index (χ2v) is 12.3. The highest BCUT2D eigenvalue weighted by Crippen LogP contribution is 2.99. The molecule has 0 aliphatic heterocycles. The Bertz CT molecular complexity index is 690. The van der Waals surface area contributed by atoms with E-state index < -0.39 is 5.60 Å². The second-order valence-electron chi connectivity index (χ2n) is 11.8. The molecule has 2 nitrogen and oxygen atoms in total. The molecular weight excluding hydrogens is 388 g/mol. The zero-order chi connectivity index (χ0) is 18.3. The lowest BCUT2D eigenvalue weighted by atomic mass is 9.44. The van der Waals surface area contributed by atoms with Gasteiger partial charge in [-0.15, -0.1) is 0 Å². The Hall–Kier alpha value is 0.110. The molecule has 0 aromatic heterocycles. The van der Waals surface area contributed by atoms with Gasteiger partial charge in [0.1, 0.15) is 0 Å². The lowest BCUT2D eigenvalue weighted by Gasteiger charge is -2.61. The Labute approximate surface area is 166 Å². The second kappa shape index (κ2) is 4.64. The quantitative estimate of drug-likeness (QED) is 0.649. The first-order chi connectivity index (χ1) is 12.2. The van der Waals surface area contributed by atoms with Crippen LogP contribution in [0.5, 0.6) is 0 Å². The number of fused-ring (bicyclic) bond motifs is 3. The summed E-state index contributed by atoms with van der Waals surface area (Å²) in [5.74, 6) is 6.16. The molecule has 1 N–H and O–H groups in total. The van der Waals surface area contributed by atoms with Crippen molar-refractivity contribution in [2.75, 3.05) is 5.33 Å². The molecule has 7 saturated carbocycles. The largest absolute Gasteiger partial charge is 0.390 e. The zero-order valence-electron chi connectivity index (χ0n) is 16.4. The Morgan fingerprint density at radius 2 is 1.77 bits per heavy atom. The molecule has 7 aliphatic rings. The fourth-order valence-electron chi connectivity index (χ4n) is 10.1. The van der Waals surface area contributed by atoms with Crippen LogP contribution in [-0.2, 0) is 4.79 Å². The summed E-state index contributed by atoms with van der Waals surface area (Å²) >= 11 is 3.50. The van der Waals surface area contributed by atoms with Gasteiger partial charge in [0.25, 0.3) is 0 Å². The van der Waals surface area contributed by atoms with Crippen molar-refractivity contribution in [3.63, 3.8) is 0 Å². The molecule has 2 bridgehead atoms. The third-order valence-electron chi connectivity index (χ3n) is 11.2. The number of hydrogen-bond donors (Lipinski definition) is 1. The van der Waals surface area contributed by atoms with E-state index in [-0.39, 0.29) is 5.41 Å². The first-order valence-corrected chi connectivity index (χ1v) is 12.2. The van der Waals surface area contributed by atoms with Crippen molar-refractivity contribution in [2.45, 2.75) is 71.3 Å². The van der Waals surface area contributed by atoms with Gasteiger partial charge >= 0.3 is 0 Å². The molecule has 3 heteroatoms. The van der Waals surface area contributed by atoms with E-state index in [0.29, 0.717) is 27.9 Å². The minimum atomic E-state index is -0.439. The number of Topliss-reactive ketones (excluding diaryl/α,β-unsaturated/α-hetero) is 1. The van der Waals surface area contributed by atoms with Crippen LogP contribution in [0, 0.1) is 57.7 Å². The van der Waals surface area contributed by atoms with Crippen LogP contribution in [0.1, 0.15) is 65.7 Å². The minimum Gasteiger partial charge on any atom is -0.390 e. The first kappa shape index (κ1) is 17.0. The molecule has 144 valence electrons. The molecule has 7 aliphatic carbocycles. The van der Waals surface area contributed by atoms with E-state index in [9.17, 15) is 9.90 Å². The van der Waals surface area contributed by atoms with Crippen LogP contribution in [0.4, 0.5) is 0 Å². The Morgan fingerprint density at radius 1 is 1.04 bits per heavy atom. The third-order valence-corrected chi connectivity index (χ3v) is 11.7. The maximum absolute atomic E-state index is 12.9. The predicted octanol–water partition coefficient (Wildman–Crippen LogP) is 4.83. The topological polar surface area (TPSA) is 37.3 Å². The van der Waals surface area contributed by atoms with Crippen molar-refractivity contribution in [3.8, 4) is 0 Å². The first-order valence-electron chi connectivity index (χ1n) is 11.0. The van der Waals surface area contributed by atoms with Crippen molar-refractivity contribution in [3.05, 3.63) is 0 Å². The van der Waals surface area contributed by atoms with Gasteiger partial charge < -0.3 is 5.11 Å². The zero-order valence-corrected chi connectivity index (χ0v) is 18.0. The highest BCUT2D eigenvalue weighted by Gasteiger charge is 2.99. The Balaban J connectivity index is 1.34. The van der Waals surface area contributed by atoms with Crippen molar-refractivity contribution in [1.82, 2.24) is 0 Å². The molecule has 0 saturated heterocycles. The number of alkyl halides is 1. The summed E-state index contributed by atoms with van der Waals surface area (Å²) in [4.78, 5) is 12.9. The fraction of sp³-hybridized carbons (Fsp3) is 0.957. The number of halogens is 1. The molecule has 26 heavy (non-hydrogen) atoms. The Kier molecular flexibility index (Phi) is 3.03. The van der Waals surface area contributed by atoms with Crippen molar-refractivity contribution < 1.29 is 9.90 Å². The molecule has 11 atom stereocenters. The van der Waals surface area contributed by atoms with Crippen LogP contribution >= 0.6 is 15.9 Å². The molecule has 0 aromatic rings. The van der Waals surface area contributed by atoms with Crippen molar-refractivity contribution >= 4 is 21.7 Å². The van der Waals surface area contributed by atoms with Gasteiger partial charge in [0.05, 0.1) is 10.9 Å². The SMILES string of the molecule is C[C@@]1(O)CC[C@@]2(C)[C@@H](CC[C@@H]3[C@@H]2CC[C@@]2(C)[C@H]3C3C4[C@@H]3C42C(=O)CBr)C1. The summed E-state index contributed by atoms with van der Waals surface area (Å²) in [6.07, 6.45) is 8.47. The Morgan fingerprint density at radius 3 is 2.46 bits per heavy atom. The summed E-state index contributed by atoms with van der Waals surface area (Å²) in [6, 6.07) is 0. The average molecular weight is 421 g/mol. The van der Waals surface area contributed by atoms with E-state index in [1.54, 1.807) is 0 Å². The van der Waals surface area contributed by atoms with Gasteiger partial charge in [-0.25, -0.2) is 0 Å². The van der Waals surface area contributed by atoms with E-state index in [1.165, 1.54) is 32.1 Å². The number of rotatable bonds is 2. The summed E-state index contributed by atoms with van der Waals surface area (Å²) < 4.78 is 0. The van der Waals surface area contributed by atoms with Gasteiger partial charge in [-0.05, 0) is 104 Å². The fourth-order valence-corrected chi connectivity index (χ4v) is 10.6. The lowest BCUT2D eigenvalue weighted by molar-refractivity contribution is -0.151. The molecule has 0 heterocycles. The molecule has 7 rings (SSSR count). The van der Waals surface area contributed by atoms with Crippen LogP contribution in [0.15, 0.2) is 0 Å². The van der Waals surface area contributed by atoms with Gasteiger partial charge in [-0.2, -0.15) is 0 Å². The summed E-state index contributed by atoms with van der Waals surface area (Å²) in [5.41, 5.74) is 0.375. The van der Waals surface area contributed by atoms with Gasteiger partial charge in [0.15, 0.2) is 5.78 Å². The van der Waals surface area contributed by atoms with Gasteiger partial charge in [0, 0.05) is 5.41 Å². The highest BCUT2D eigenvalue weighted by atomic mass is 79.9. The van der Waals surface area contributed by atoms with Gasteiger partial charge in [-0.1, -0.05) is 29.8 Å². The number of ketones is 1. The molecule has 7 fully saturated rings. The third kappa shape index (κ3) is 1.59. The molecule has 0 spiro atoms. The van der Waals surface area contributed by atoms with Gasteiger partial charge in [-0.3, -0.25) is 4.79 Å². The van der Waals surface area contributed by atoms with Crippen LogP contribution in [0.25, 0.3) is 0 Å². The van der Waals surface area contributed by atoms with Gasteiger partial charge in [0.2, 0.25) is 0 Å². The number of aliphatic hydroxyl groups is 1. The minimum absolute atomic E-state index is 0.0881. The van der Waals surface area contributed by atoms with Crippen LogP contribution in [0.3, 0.4) is 0 Å². The smallest absolute Gasteiger partial charge is 0.150 e. The summed E-state index contributed by atoms with van der Waals surface area (Å²) in [5, 5.41) is 11.2. The molecule has 0 radical (unpaired) electrons. The number of carbonyl (C=O) groups is 1. The van der Waals surface area contributed by atoms with E-state index in [4.69, 9.17) is 0 Å². The van der Waals surface area contributed by atoms with Crippen LogP contribution < -0.4 is 0 Å². The van der Waals surface area contributed by atoms with Crippen molar-refractivity contribution in [1.29, 1.82) is 0 Å². The molecular formula is C23H33BrO2. The number of hydrogen-bond acceptors (Lipinski definition) is 2. The molecule has 0 aromatic carbocycles. The molecule has 3 unspecified atom stereocenters. The summed E-state index contributed by atoms with van der Waals surface area (Å²) in [6.45, 7) is 7.13. The average Bonchev–Trinajstić information content (AvgIpc) is 3.44. The maximum Gasteiger partial charge on any atom is 0.150 e. The number of carbonyl (C=O) groups excluding carboxylic acids is 1. The van der Waals surface area contributed by atoms with Crippen LogP contribution in [-0.4, -0.2) is 21.8 Å². The van der Waals surface area contributed by atoms with E-state index >= 15 is 0 Å². The monoisotopic (exact) mass is 420 g/mol. The maximum atomic E-state index is 12.9.